The second-order valence-corrected chi connectivity index (χ2v) is 15.1. The number of nitrogens with one attached hydrogen (secondary N) is 3. The highest BCUT2D eigenvalue weighted by atomic mass is 35.5. The molecule has 2 heterocycles. The summed E-state index contributed by atoms with van der Waals surface area (Å²) in [5.74, 6) is -3.11. The summed E-state index contributed by atoms with van der Waals surface area (Å²) in [5, 5.41) is 5.90. The Labute approximate surface area is 269 Å². The highest BCUT2D eigenvalue weighted by Crippen LogP contribution is 2.59. The van der Waals surface area contributed by atoms with E-state index in [-0.39, 0.29) is 17.2 Å². The number of carbonyl (C=O) groups is 3. The van der Waals surface area contributed by atoms with Gasteiger partial charge in [0.15, 0.2) is 5.60 Å². The van der Waals surface area contributed by atoms with Crippen molar-refractivity contribution in [1.29, 1.82) is 0 Å². The molecule has 0 aromatic heterocycles. The van der Waals surface area contributed by atoms with Gasteiger partial charge in [0.25, 0.3) is 5.91 Å². The molecule has 236 valence electrons. The fourth-order valence-electron chi connectivity index (χ4n) is 6.36. The summed E-state index contributed by atoms with van der Waals surface area (Å²) in [6.07, 6.45) is 0.745. The quantitative estimate of drug-likeness (QED) is 0.306. The molecule has 3 aromatic carbocycles. The number of fused-ring (bicyclic) bond motifs is 2. The van der Waals surface area contributed by atoms with E-state index in [0.29, 0.717) is 45.8 Å². The number of hydrogen-bond donors (Lipinski definition) is 3. The van der Waals surface area contributed by atoms with Crippen molar-refractivity contribution < 1.29 is 31.9 Å². The number of ether oxygens (including phenoxy) is 1. The molecule has 0 unspecified atom stereocenters. The van der Waals surface area contributed by atoms with E-state index in [1.165, 1.54) is 38.1 Å². The van der Waals surface area contributed by atoms with Crippen LogP contribution in [0.4, 0.5) is 10.1 Å². The number of sulfonamides is 1. The molecule has 1 spiro atoms. The van der Waals surface area contributed by atoms with Crippen LogP contribution in [0.5, 0.6) is 5.75 Å². The molecule has 2 aliphatic heterocycles. The normalized spacial score (nSPS) is 22.9. The van der Waals surface area contributed by atoms with E-state index in [4.69, 9.17) is 27.9 Å². The topological polar surface area (TPSA) is 131 Å². The number of anilines is 1. The Morgan fingerprint density at radius 1 is 1.02 bits per heavy atom. The van der Waals surface area contributed by atoms with E-state index in [2.05, 4.69) is 15.4 Å². The van der Waals surface area contributed by atoms with Crippen LogP contribution in [0.3, 0.4) is 0 Å². The van der Waals surface area contributed by atoms with Crippen molar-refractivity contribution in [3.05, 3.63) is 92.7 Å². The van der Waals surface area contributed by atoms with Gasteiger partial charge in [0.2, 0.25) is 21.8 Å². The fraction of sp³-hybridized carbons (Fsp3) is 0.344. The fourth-order valence-corrected chi connectivity index (χ4v) is 8.14. The molecule has 1 aliphatic carbocycles. The predicted molar refractivity (Wildman–Crippen MR) is 167 cm³/mol. The summed E-state index contributed by atoms with van der Waals surface area (Å²) >= 11 is 12.8. The van der Waals surface area contributed by atoms with Gasteiger partial charge in [-0.15, -0.1) is 0 Å². The van der Waals surface area contributed by atoms with Gasteiger partial charge in [-0.2, -0.15) is 0 Å². The molecule has 1 saturated carbocycles. The van der Waals surface area contributed by atoms with Gasteiger partial charge < -0.3 is 15.4 Å². The van der Waals surface area contributed by atoms with Gasteiger partial charge in [0, 0.05) is 33.6 Å². The number of hydrogen-bond acceptors (Lipinski definition) is 6. The average Bonchev–Trinajstić information content (AvgIpc) is 3.78. The van der Waals surface area contributed by atoms with Crippen molar-refractivity contribution in [2.45, 2.75) is 68.3 Å². The molecule has 9 nitrogen and oxygen atoms in total. The van der Waals surface area contributed by atoms with Crippen LogP contribution in [0.15, 0.2) is 54.6 Å². The number of aryl methyl sites for hydroxylation is 1. The molecule has 2 fully saturated rings. The molecule has 3 atom stereocenters. The highest BCUT2D eigenvalue weighted by Gasteiger charge is 2.62. The second kappa shape index (κ2) is 11.0. The van der Waals surface area contributed by atoms with Gasteiger partial charge in [0.05, 0.1) is 11.3 Å². The van der Waals surface area contributed by atoms with E-state index in [1.54, 1.807) is 37.3 Å². The van der Waals surface area contributed by atoms with E-state index in [1.807, 2.05) is 0 Å². The zero-order valence-corrected chi connectivity index (χ0v) is 26.9. The Morgan fingerprint density at radius 2 is 1.71 bits per heavy atom. The van der Waals surface area contributed by atoms with Crippen LogP contribution in [0, 0.1) is 12.7 Å². The van der Waals surface area contributed by atoms with Gasteiger partial charge in [-0.3, -0.25) is 14.4 Å². The third kappa shape index (κ3) is 5.44. The smallest absolute Gasteiger partial charge is 0.277 e. The molecule has 1 saturated heterocycles. The first-order valence-corrected chi connectivity index (χ1v) is 16.6. The van der Waals surface area contributed by atoms with E-state index in [0.717, 1.165) is 0 Å². The van der Waals surface area contributed by atoms with Crippen LogP contribution in [0.25, 0.3) is 0 Å². The molecule has 3 N–H and O–H groups in total. The summed E-state index contributed by atoms with van der Waals surface area (Å²) in [4.78, 5) is 41.1. The van der Waals surface area contributed by atoms with Crippen molar-refractivity contribution >= 4 is 56.6 Å². The van der Waals surface area contributed by atoms with Crippen LogP contribution in [0.2, 0.25) is 10.0 Å². The largest absolute Gasteiger partial charge is 0.478 e. The maximum atomic E-state index is 14.7. The Hall–Kier alpha value is -3.67. The second-order valence-electron chi connectivity index (χ2n) is 12.2. The molecular formula is C32H30Cl2FN3O6S. The first kappa shape index (κ1) is 31.3. The maximum absolute atomic E-state index is 14.7. The lowest BCUT2D eigenvalue weighted by molar-refractivity contribution is -0.133. The van der Waals surface area contributed by atoms with Crippen LogP contribution in [-0.2, 0) is 29.8 Å². The maximum Gasteiger partial charge on any atom is 0.277 e. The number of carbonyl (C=O) groups excluding carboxylic acids is 3. The SMILES string of the molecule is Cc1ccc(F)cc1[C@@H]1NC(=O)C[C@H](c2cc(Cl)ccc2OC(C)(C)C(=O)NS(=O)(=O)C2CC2)[C@@]12C(=O)Nc1cc(Cl)ccc12. The number of rotatable bonds is 7. The summed E-state index contributed by atoms with van der Waals surface area (Å²) in [7, 11) is -3.86. The van der Waals surface area contributed by atoms with Crippen LogP contribution >= 0.6 is 23.2 Å². The third-order valence-electron chi connectivity index (χ3n) is 8.76. The summed E-state index contributed by atoms with van der Waals surface area (Å²) in [5.41, 5.74) is -0.904. The molecule has 13 heteroatoms. The van der Waals surface area contributed by atoms with Crippen molar-refractivity contribution in [1.82, 2.24) is 10.0 Å². The third-order valence-corrected chi connectivity index (χ3v) is 11.0. The zero-order chi connectivity index (χ0) is 32.5. The molecule has 45 heavy (non-hydrogen) atoms. The van der Waals surface area contributed by atoms with Gasteiger partial charge in [-0.25, -0.2) is 17.5 Å². The lowest BCUT2D eigenvalue weighted by atomic mass is 9.59. The molecule has 3 aliphatic rings. The van der Waals surface area contributed by atoms with Crippen LogP contribution in [-0.4, -0.2) is 37.0 Å². The first-order chi connectivity index (χ1) is 21.1. The minimum absolute atomic E-state index is 0.118. The molecule has 0 radical (unpaired) electrons. The van der Waals surface area contributed by atoms with E-state index < -0.39 is 61.8 Å². The standard InChI is InChI=1S/C32H30Cl2FN3O6S/c1-16-4-7-19(35)14-21(16)28-32(23-10-5-18(34)13-25(23)36-30(32)41)24(15-27(39)37-28)22-12-17(33)6-11-26(22)44-31(2,3)29(40)38-45(42,43)20-8-9-20/h4-7,10-14,20,24,28H,8-9,15H2,1-3H3,(H,36,41)(H,37,39)(H,38,40)/t24-,28+,32-/m1/s1. The molecule has 0 bridgehead atoms. The molecule has 6 rings (SSSR count). The van der Waals surface area contributed by atoms with Gasteiger partial charge in [-0.1, -0.05) is 35.3 Å². The number of piperidine rings is 1. The number of amides is 3. The van der Waals surface area contributed by atoms with Crippen molar-refractivity contribution in [2.24, 2.45) is 0 Å². The minimum atomic E-state index is -3.86. The Kier molecular flexibility index (Phi) is 7.65. The Morgan fingerprint density at radius 3 is 2.42 bits per heavy atom. The van der Waals surface area contributed by atoms with Gasteiger partial charge >= 0.3 is 0 Å². The Balaban J connectivity index is 1.53. The average molecular weight is 675 g/mol. The predicted octanol–water partition coefficient (Wildman–Crippen LogP) is 5.44. The minimum Gasteiger partial charge on any atom is -0.478 e. The monoisotopic (exact) mass is 673 g/mol. The van der Waals surface area contributed by atoms with E-state index in [9.17, 15) is 27.2 Å². The summed E-state index contributed by atoms with van der Waals surface area (Å²) in [6, 6.07) is 12.7. The van der Waals surface area contributed by atoms with E-state index >= 15 is 0 Å². The van der Waals surface area contributed by atoms with Gasteiger partial charge in [-0.05, 0) is 92.8 Å². The Bertz CT molecular complexity index is 1880. The van der Waals surface area contributed by atoms with Gasteiger partial charge in [0.1, 0.15) is 17.0 Å². The molecule has 3 aromatic rings. The van der Waals surface area contributed by atoms with Crippen LogP contribution in [0.1, 0.15) is 67.3 Å². The molecule has 3 amide bonds. The summed E-state index contributed by atoms with van der Waals surface area (Å²) in [6.45, 7) is 4.61. The lowest BCUT2D eigenvalue weighted by Gasteiger charge is -2.47. The highest BCUT2D eigenvalue weighted by molar-refractivity contribution is 7.90. The van der Waals surface area contributed by atoms with Crippen molar-refractivity contribution in [2.75, 3.05) is 5.32 Å². The molecular weight excluding hydrogens is 644 g/mol. The number of benzene rings is 3. The first-order valence-electron chi connectivity index (χ1n) is 14.3. The van der Waals surface area contributed by atoms with Crippen molar-refractivity contribution in [3.8, 4) is 5.75 Å². The summed E-state index contributed by atoms with van der Waals surface area (Å²) < 4.78 is 48.2. The van der Waals surface area contributed by atoms with Crippen molar-refractivity contribution in [3.63, 3.8) is 0 Å². The lowest BCUT2D eigenvalue weighted by Crippen LogP contribution is -2.57. The number of halogens is 3. The van der Waals surface area contributed by atoms with Crippen LogP contribution < -0.4 is 20.1 Å². The zero-order valence-electron chi connectivity index (χ0n) is 24.5.